The maximum absolute atomic E-state index is 13.4. The van der Waals surface area contributed by atoms with Crippen molar-refractivity contribution in [2.24, 2.45) is 0 Å². The van der Waals surface area contributed by atoms with E-state index in [2.05, 4.69) is 15.6 Å². The van der Waals surface area contributed by atoms with Gasteiger partial charge < -0.3 is 10.6 Å². The summed E-state index contributed by atoms with van der Waals surface area (Å²) in [5, 5.41) is 5.14. The summed E-state index contributed by atoms with van der Waals surface area (Å²) in [6.07, 6.45) is 4.53. The zero-order valence-electron chi connectivity index (χ0n) is 18.5. The van der Waals surface area contributed by atoms with Crippen molar-refractivity contribution in [3.63, 3.8) is 0 Å². The van der Waals surface area contributed by atoms with Crippen LogP contribution < -0.4 is 10.6 Å². The molecule has 1 aromatic carbocycles. The summed E-state index contributed by atoms with van der Waals surface area (Å²) in [6.45, 7) is 4.52. The van der Waals surface area contributed by atoms with Crippen LogP contribution in [0.1, 0.15) is 42.5 Å². The van der Waals surface area contributed by atoms with E-state index in [0.717, 1.165) is 30.4 Å². The van der Waals surface area contributed by atoms with Gasteiger partial charge in [-0.2, -0.15) is 4.31 Å². The van der Waals surface area contributed by atoms with Crippen LogP contribution >= 0.6 is 0 Å². The molecular formula is C23H30N4O4S. The highest BCUT2D eigenvalue weighted by Gasteiger charge is 2.34. The van der Waals surface area contributed by atoms with E-state index in [0.29, 0.717) is 23.6 Å². The van der Waals surface area contributed by atoms with Gasteiger partial charge in [0.2, 0.25) is 10.0 Å². The first kappa shape index (κ1) is 23.9. The second-order valence-electron chi connectivity index (χ2n) is 8.08. The molecule has 0 radical (unpaired) electrons. The first-order valence-corrected chi connectivity index (χ1v) is 12.3. The van der Waals surface area contributed by atoms with Crippen molar-refractivity contribution in [3.05, 3.63) is 59.4 Å². The highest BCUT2D eigenvalue weighted by molar-refractivity contribution is 7.89. The third-order valence-corrected chi connectivity index (χ3v) is 7.72. The van der Waals surface area contributed by atoms with E-state index >= 15 is 0 Å². The maximum Gasteiger partial charge on any atom is 0.309 e. The predicted molar refractivity (Wildman–Crippen MR) is 121 cm³/mol. The number of rotatable bonds is 7. The Morgan fingerprint density at radius 1 is 1.09 bits per heavy atom. The highest BCUT2D eigenvalue weighted by Crippen LogP contribution is 2.29. The average molecular weight is 459 g/mol. The van der Waals surface area contributed by atoms with E-state index in [1.807, 2.05) is 19.1 Å². The van der Waals surface area contributed by atoms with Gasteiger partial charge >= 0.3 is 11.8 Å². The first-order valence-electron chi connectivity index (χ1n) is 10.8. The summed E-state index contributed by atoms with van der Waals surface area (Å²) in [5.41, 5.74) is 2.27. The Morgan fingerprint density at radius 2 is 1.88 bits per heavy atom. The average Bonchev–Trinajstić information content (AvgIpc) is 2.79. The molecule has 0 bridgehead atoms. The number of benzene rings is 1. The fourth-order valence-corrected chi connectivity index (χ4v) is 5.91. The number of aryl methyl sites for hydroxylation is 2. The Bertz CT molecular complexity index is 1060. The molecule has 1 aliphatic rings. The zero-order chi connectivity index (χ0) is 23.1. The molecule has 1 aliphatic heterocycles. The molecule has 32 heavy (non-hydrogen) atoms. The monoisotopic (exact) mass is 458 g/mol. The molecule has 8 nitrogen and oxygen atoms in total. The second kappa shape index (κ2) is 10.7. The van der Waals surface area contributed by atoms with Crippen molar-refractivity contribution in [1.82, 2.24) is 19.9 Å². The number of hydrogen-bond acceptors (Lipinski definition) is 5. The lowest BCUT2D eigenvalue weighted by Crippen LogP contribution is -2.46. The predicted octanol–water partition coefficient (Wildman–Crippen LogP) is 2.06. The highest BCUT2D eigenvalue weighted by atomic mass is 32.2. The minimum absolute atomic E-state index is 0.164. The molecule has 3 rings (SSSR count). The number of piperidine rings is 1. The number of amides is 2. The Balaban J connectivity index is 1.56. The Morgan fingerprint density at radius 3 is 2.62 bits per heavy atom. The molecular weight excluding hydrogens is 428 g/mol. The summed E-state index contributed by atoms with van der Waals surface area (Å²) in [4.78, 5) is 28.6. The Hall–Kier alpha value is -2.78. The number of carbonyl (C=O) groups is 2. The van der Waals surface area contributed by atoms with Gasteiger partial charge in [-0.3, -0.25) is 14.6 Å². The summed E-state index contributed by atoms with van der Waals surface area (Å²) in [5.74, 6) is -1.47. The second-order valence-corrected chi connectivity index (χ2v) is 9.94. The van der Waals surface area contributed by atoms with Gasteiger partial charge in [0.05, 0.1) is 17.1 Å². The van der Waals surface area contributed by atoms with Crippen LogP contribution in [-0.2, 0) is 26.2 Å². The summed E-state index contributed by atoms with van der Waals surface area (Å²) in [7, 11) is -3.64. The van der Waals surface area contributed by atoms with Crippen LogP contribution in [0, 0.1) is 13.8 Å². The fourth-order valence-electron chi connectivity index (χ4n) is 3.88. The summed E-state index contributed by atoms with van der Waals surface area (Å²) < 4.78 is 28.3. The van der Waals surface area contributed by atoms with Crippen molar-refractivity contribution >= 4 is 21.8 Å². The topological polar surface area (TPSA) is 108 Å². The molecule has 1 saturated heterocycles. The van der Waals surface area contributed by atoms with E-state index in [4.69, 9.17) is 0 Å². The smallest absolute Gasteiger partial charge is 0.309 e. The molecule has 172 valence electrons. The normalized spacial score (nSPS) is 17.0. The Kier molecular flexibility index (Phi) is 7.98. The number of pyridine rings is 1. The van der Waals surface area contributed by atoms with Crippen LogP contribution in [-0.4, -0.2) is 48.7 Å². The van der Waals surface area contributed by atoms with Gasteiger partial charge in [-0.15, -0.1) is 0 Å². The van der Waals surface area contributed by atoms with E-state index < -0.39 is 21.8 Å². The van der Waals surface area contributed by atoms with Gasteiger partial charge in [-0.05, 0) is 62.4 Å². The van der Waals surface area contributed by atoms with E-state index in [1.54, 1.807) is 41.7 Å². The molecule has 2 heterocycles. The Labute approximate surface area is 189 Å². The van der Waals surface area contributed by atoms with Crippen LogP contribution in [0.15, 0.2) is 47.5 Å². The number of carbonyl (C=O) groups excluding carboxylic acids is 2. The van der Waals surface area contributed by atoms with Gasteiger partial charge in [-0.1, -0.05) is 24.6 Å². The van der Waals surface area contributed by atoms with Gasteiger partial charge in [-0.25, -0.2) is 8.42 Å². The molecule has 0 aliphatic carbocycles. The standard InChI is InChI=1S/C23H30N4O4S/c1-17-9-10-18(2)21(15-17)32(30,31)27-14-6-4-8-20(27)11-13-25-22(28)23(29)26-16-19-7-3-5-12-24-19/h3,5,7,9-10,12,15,20H,4,6,8,11,13-14,16H2,1-2H3,(H,25,28)(H,26,29)/t20-/m0/s1. The van der Waals surface area contributed by atoms with Crippen molar-refractivity contribution in [3.8, 4) is 0 Å². The van der Waals surface area contributed by atoms with Gasteiger partial charge in [0.1, 0.15) is 0 Å². The number of sulfonamides is 1. The number of nitrogens with zero attached hydrogens (tertiary/aromatic N) is 2. The molecule has 0 unspecified atom stereocenters. The lowest BCUT2D eigenvalue weighted by molar-refractivity contribution is -0.139. The van der Waals surface area contributed by atoms with Crippen LogP contribution in [0.5, 0.6) is 0 Å². The number of nitrogens with one attached hydrogen (secondary N) is 2. The molecule has 2 N–H and O–H groups in total. The first-order chi connectivity index (χ1) is 15.3. The van der Waals surface area contributed by atoms with E-state index in [9.17, 15) is 18.0 Å². The van der Waals surface area contributed by atoms with Crippen LogP contribution in [0.4, 0.5) is 0 Å². The third kappa shape index (κ3) is 5.92. The van der Waals surface area contributed by atoms with Crippen LogP contribution in [0.3, 0.4) is 0 Å². The zero-order valence-corrected chi connectivity index (χ0v) is 19.3. The molecule has 2 aromatic rings. The molecule has 9 heteroatoms. The largest absolute Gasteiger partial charge is 0.348 e. The molecule has 1 atom stereocenters. The van der Waals surface area contributed by atoms with Gasteiger partial charge in [0.25, 0.3) is 0 Å². The lowest BCUT2D eigenvalue weighted by atomic mass is 10.0. The fraction of sp³-hybridized carbons (Fsp3) is 0.435. The van der Waals surface area contributed by atoms with Crippen molar-refractivity contribution in [1.29, 1.82) is 0 Å². The number of aromatic nitrogens is 1. The molecule has 1 aromatic heterocycles. The molecule has 0 saturated carbocycles. The van der Waals surface area contributed by atoms with Crippen molar-refractivity contribution in [2.45, 2.75) is 57.0 Å². The van der Waals surface area contributed by atoms with Crippen molar-refractivity contribution in [2.75, 3.05) is 13.1 Å². The van der Waals surface area contributed by atoms with Crippen molar-refractivity contribution < 1.29 is 18.0 Å². The van der Waals surface area contributed by atoms with Gasteiger partial charge in [0, 0.05) is 25.3 Å². The summed E-state index contributed by atoms with van der Waals surface area (Å²) >= 11 is 0. The SMILES string of the molecule is Cc1ccc(C)c(S(=O)(=O)N2CCCC[C@H]2CCNC(=O)C(=O)NCc2ccccn2)c1. The maximum atomic E-state index is 13.4. The minimum Gasteiger partial charge on any atom is -0.348 e. The number of hydrogen-bond donors (Lipinski definition) is 2. The third-order valence-electron chi connectivity index (χ3n) is 5.63. The molecule has 1 fully saturated rings. The van der Waals surface area contributed by atoms with Crippen LogP contribution in [0.2, 0.25) is 0 Å². The quantitative estimate of drug-likeness (QED) is 0.618. The molecule has 2 amide bonds. The molecule has 0 spiro atoms. The van der Waals surface area contributed by atoms with Gasteiger partial charge in [0.15, 0.2) is 0 Å². The van der Waals surface area contributed by atoms with E-state index in [1.165, 1.54) is 0 Å². The van der Waals surface area contributed by atoms with E-state index in [-0.39, 0.29) is 19.1 Å². The lowest BCUT2D eigenvalue weighted by Gasteiger charge is -2.35. The summed E-state index contributed by atoms with van der Waals surface area (Å²) in [6, 6.07) is 10.5. The minimum atomic E-state index is -3.64. The van der Waals surface area contributed by atoms with Crippen LogP contribution in [0.25, 0.3) is 0 Å².